The normalized spacial score (nSPS) is 13.4. The van der Waals surface area contributed by atoms with Gasteiger partial charge in [-0.05, 0) is 49.1 Å². The molecule has 34 heavy (non-hydrogen) atoms. The zero-order valence-corrected chi connectivity index (χ0v) is 19.4. The number of thioether (sulfide) groups is 1. The Morgan fingerprint density at radius 2 is 1.85 bits per heavy atom. The average molecular weight is 478 g/mol. The van der Waals surface area contributed by atoms with Crippen LogP contribution in [0.4, 0.5) is 4.39 Å². The van der Waals surface area contributed by atoms with E-state index >= 15 is 0 Å². The molecule has 0 aromatic heterocycles. The van der Waals surface area contributed by atoms with Gasteiger partial charge >= 0.3 is 0 Å². The maximum atomic E-state index is 13.3. The molecule has 1 N–H and O–H groups in total. The Labute approximate surface area is 200 Å². The minimum absolute atomic E-state index is 0.140. The minimum Gasteiger partial charge on any atom is -0.351 e. The van der Waals surface area contributed by atoms with Gasteiger partial charge in [-0.3, -0.25) is 9.59 Å². The highest BCUT2D eigenvalue weighted by atomic mass is 32.2. The average Bonchev–Trinajstić information content (AvgIpc) is 3.02. The first-order chi connectivity index (χ1) is 16.6. The SMILES string of the molecule is O=C(CSc1nc2nn(-c3ccccc3)c(=O)c-2c2n1CCCCC2)NCc1ccc(F)cc1. The van der Waals surface area contributed by atoms with Gasteiger partial charge in [-0.25, -0.2) is 9.37 Å². The molecule has 0 aliphatic carbocycles. The first kappa shape index (κ1) is 22.3. The number of hydrogen-bond acceptors (Lipinski definition) is 5. The number of fused-ring (bicyclic) bond motifs is 3. The van der Waals surface area contributed by atoms with E-state index in [1.54, 1.807) is 12.1 Å². The highest BCUT2D eigenvalue weighted by molar-refractivity contribution is 7.99. The lowest BCUT2D eigenvalue weighted by Crippen LogP contribution is -2.25. The van der Waals surface area contributed by atoms with E-state index < -0.39 is 0 Å². The molecule has 3 heterocycles. The summed E-state index contributed by atoms with van der Waals surface area (Å²) in [6.45, 7) is 1.09. The van der Waals surface area contributed by atoms with Gasteiger partial charge in [0.25, 0.3) is 5.56 Å². The van der Waals surface area contributed by atoms with Crippen molar-refractivity contribution >= 4 is 17.7 Å². The van der Waals surface area contributed by atoms with Crippen LogP contribution in [-0.2, 0) is 24.3 Å². The summed E-state index contributed by atoms with van der Waals surface area (Å²) >= 11 is 1.34. The molecule has 7 nitrogen and oxygen atoms in total. The van der Waals surface area contributed by atoms with Gasteiger partial charge in [-0.1, -0.05) is 48.5 Å². The Bertz CT molecular complexity index is 1330. The van der Waals surface area contributed by atoms with E-state index in [4.69, 9.17) is 4.98 Å². The fraction of sp³-hybridized carbons (Fsp3) is 0.280. The quantitative estimate of drug-likeness (QED) is 0.337. The molecule has 0 bridgehead atoms. The molecule has 0 spiro atoms. The zero-order valence-electron chi connectivity index (χ0n) is 18.5. The monoisotopic (exact) mass is 477 g/mol. The van der Waals surface area contributed by atoms with Crippen LogP contribution in [0.3, 0.4) is 0 Å². The van der Waals surface area contributed by atoms with Crippen LogP contribution in [0.1, 0.15) is 30.5 Å². The summed E-state index contributed by atoms with van der Waals surface area (Å²) in [5, 5.41) is 8.08. The van der Waals surface area contributed by atoms with Crippen LogP contribution in [0.15, 0.2) is 64.5 Å². The lowest BCUT2D eigenvalue weighted by Gasteiger charge is -2.17. The van der Waals surface area contributed by atoms with Crippen LogP contribution in [0.2, 0.25) is 0 Å². The number of benzene rings is 2. The third kappa shape index (κ3) is 4.61. The molecule has 0 saturated heterocycles. The largest absolute Gasteiger partial charge is 0.351 e. The number of nitrogens with zero attached hydrogens (tertiary/aromatic N) is 4. The van der Waals surface area contributed by atoms with Crippen molar-refractivity contribution in [3.05, 3.63) is 82.0 Å². The molecule has 0 unspecified atom stereocenters. The van der Waals surface area contributed by atoms with Crippen molar-refractivity contribution in [3.63, 3.8) is 0 Å². The first-order valence-corrected chi connectivity index (χ1v) is 12.3. The second-order valence-electron chi connectivity index (χ2n) is 8.25. The molecule has 2 aromatic rings. The standard InChI is InChI=1S/C25H24FN5O2S/c26-18-12-10-17(11-13-18)15-27-21(32)16-34-25-28-23-22(20-9-5-2-6-14-30(20)25)24(33)31(29-23)19-7-3-1-4-8-19/h1,3-4,7-8,10-13H,2,5-6,9,14-16H2,(H,27,32). The molecule has 0 saturated carbocycles. The topological polar surface area (TPSA) is 81.8 Å². The van der Waals surface area contributed by atoms with Gasteiger partial charge in [0, 0.05) is 18.8 Å². The summed E-state index contributed by atoms with van der Waals surface area (Å²) in [7, 11) is 0. The van der Waals surface area contributed by atoms with E-state index in [2.05, 4.69) is 15.0 Å². The summed E-state index contributed by atoms with van der Waals surface area (Å²) in [6, 6.07) is 15.4. The fourth-order valence-corrected chi connectivity index (χ4v) is 5.06. The Morgan fingerprint density at radius 3 is 2.65 bits per heavy atom. The van der Waals surface area contributed by atoms with Crippen LogP contribution < -0.4 is 10.9 Å². The second kappa shape index (κ2) is 9.80. The minimum atomic E-state index is -0.305. The summed E-state index contributed by atoms with van der Waals surface area (Å²) in [6.07, 6.45) is 3.85. The van der Waals surface area contributed by atoms with Crippen molar-refractivity contribution in [1.29, 1.82) is 0 Å². The summed E-state index contributed by atoms with van der Waals surface area (Å²) in [5.41, 5.74) is 2.89. The summed E-state index contributed by atoms with van der Waals surface area (Å²) < 4.78 is 16.6. The molecule has 0 radical (unpaired) electrons. The number of halogens is 1. The molecular weight excluding hydrogens is 453 g/mol. The Morgan fingerprint density at radius 1 is 1.06 bits per heavy atom. The van der Waals surface area contributed by atoms with Crippen LogP contribution in [0.5, 0.6) is 0 Å². The highest BCUT2D eigenvalue weighted by Crippen LogP contribution is 2.30. The molecule has 2 aromatic carbocycles. The van der Waals surface area contributed by atoms with Gasteiger partial charge < -0.3 is 9.88 Å². The van der Waals surface area contributed by atoms with E-state index in [1.165, 1.54) is 28.6 Å². The van der Waals surface area contributed by atoms with Crippen molar-refractivity contribution in [1.82, 2.24) is 24.6 Å². The Kier molecular flexibility index (Phi) is 6.44. The third-order valence-corrected chi connectivity index (χ3v) is 6.88. The molecule has 174 valence electrons. The molecular formula is C25H24FN5O2S. The predicted octanol–water partition coefficient (Wildman–Crippen LogP) is 3.81. The molecule has 9 heteroatoms. The van der Waals surface area contributed by atoms with Crippen molar-refractivity contribution in [2.75, 3.05) is 5.75 Å². The van der Waals surface area contributed by atoms with Crippen molar-refractivity contribution in [2.45, 2.75) is 43.9 Å². The van der Waals surface area contributed by atoms with Crippen LogP contribution in [-0.4, -0.2) is 31.0 Å². The number of rotatable bonds is 6. The number of carbonyl (C=O) groups is 1. The Balaban J connectivity index is 1.41. The number of amides is 1. The lowest BCUT2D eigenvalue weighted by atomic mass is 10.1. The highest BCUT2D eigenvalue weighted by Gasteiger charge is 2.27. The number of carbonyl (C=O) groups excluding carboxylic acids is 1. The molecule has 5 rings (SSSR count). The number of para-hydroxylation sites is 1. The lowest BCUT2D eigenvalue weighted by molar-refractivity contribution is -0.118. The second-order valence-corrected chi connectivity index (χ2v) is 9.19. The maximum absolute atomic E-state index is 13.3. The number of hydrogen-bond donors (Lipinski definition) is 1. The molecule has 0 fully saturated rings. The fourth-order valence-electron chi connectivity index (χ4n) is 4.19. The molecule has 0 atom stereocenters. The van der Waals surface area contributed by atoms with Gasteiger partial charge in [0.2, 0.25) is 5.91 Å². The van der Waals surface area contributed by atoms with Crippen LogP contribution in [0, 0.1) is 5.82 Å². The van der Waals surface area contributed by atoms with E-state index in [9.17, 15) is 14.0 Å². The van der Waals surface area contributed by atoms with E-state index in [0.717, 1.165) is 43.5 Å². The molecule has 3 aliphatic heterocycles. The maximum Gasteiger partial charge on any atom is 0.284 e. The number of nitrogens with one attached hydrogen (secondary N) is 1. The van der Waals surface area contributed by atoms with Crippen molar-refractivity contribution in [2.24, 2.45) is 0 Å². The third-order valence-electron chi connectivity index (χ3n) is 5.90. The van der Waals surface area contributed by atoms with Crippen LogP contribution in [0.25, 0.3) is 17.1 Å². The van der Waals surface area contributed by atoms with E-state index in [1.807, 2.05) is 30.3 Å². The van der Waals surface area contributed by atoms with Gasteiger partial charge in [-0.15, -0.1) is 5.10 Å². The molecule has 3 aliphatic rings. The van der Waals surface area contributed by atoms with E-state index in [0.29, 0.717) is 28.8 Å². The van der Waals surface area contributed by atoms with Crippen LogP contribution >= 0.6 is 11.8 Å². The zero-order chi connectivity index (χ0) is 23.5. The van der Waals surface area contributed by atoms with E-state index in [-0.39, 0.29) is 23.0 Å². The summed E-state index contributed by atoms with van der Waals surface area (Å²) in [5.74, 6) is 0.151. The molecule has 1 amide bonds. The van der Waals surface area contributed by atoms with Gasteiger partial charge in [0.05, 0.1) is 11.4 Å². The number of aromatic nitrogens is 4. The van der Waals surface area contributed by atoms with Crippen molar-refractivity contribution in [3.8, 4) is 17.1 Å². The van der Waals surface area contributed by atoms with Gasteiger partial charge in [-0.2, -0.15) is 4.68 Å². The van der Waals surface area contributed by atoms with Gasteiger partial charge in [0.1, 0.15) is 11.4 Å². The predicted molar refractivity (Wildman–Crippen MR) is 129 cm³/mol. The van der Waals surface area contributed by atoms with Crippen molar-refractivity contribution < 1.29 is 9.18 Å². The van der Waals surface area contributed by atoms with Gasteiger partial charge in [0.15, 0.2) is 11.0 Å². The Hall–Kier alpha value is -3.46. The smallest absolute Gasteiger partial charge is 0.284 e. The first-order valence-electron chi connectivity index (χ1n) is 11.3. The summed E-state index contributed by atoms with van der Waals surface area (Å²) in [4.78, 5) is 30.5.